The van der Waals surface area contributed by atoms with Gasteiger partial charge < -0.3 is 10.1 Å². The summed E-state index contributed by atoms with van der Waals surface area (Å²) in [6.45, 7) is 3.04. The summed E-state index contributed by atoms with van der Waals surface area (Å²) in [5, 5.41) is 3.51. The highest BCUT2D eigenvalue weighted by Crippen LogP contribution is 2.31. The van der Waals surface area contributed by atoms with Crippen LogP contribution in [0.2, 0.25) is 4.34 Å². The molecule has 102 valence electrons. The molecular formula is C15H18ClNOS. The van der Waals surface area contributed by atoms with Crippen LogP contribution in [0.1, 0.15) is 23.4 Å². The maximum absolute atomic E-state index is 6.03. The van der Waals surface area contributed by atoms with E-state index in [0.29, 0.717) is 0 Å². The normalized spacial score (nSPS) is 12.4. The van der Waals surface area contributed by atoms with E-state index in [2.05, 4.69) is 24.4 Å². The molecule has 0 fully saturated rings. The Morgan fingerprint density at radius 2 is 2.05 bits per heavy atom. The molecule has 2 nitrogen and oxygen atoms in total. The first-order valence-electron chi connectivity index (χ1n) is 6.35. The molecule has 1 aromatic heterocycles. The van der Waals surface area contributed by atoms with Gasteiger partial charge in [0.1, 0.15) is 5.75 Å². The van der Waals surface area contributed by atoms with E-state index in [-0.39, 0.29) is 6.04 Å². The molecule has 0 bridgehead atoms. The first-order valence-corrected chi connectivity index (χ1v) is 7.54. The van der Waals surface area contributed by atoms with Crippen LogP contribution >= 0.6 is 22.9 Å². The lowest BCUT2D eigenvalue weighted by molar-refractivity contribution is 0.406. The summed E-state index contributed by atoms with van der Waals surface area (Å²) in [7, 11) is 1.71. The highest BCUT2D eigenvalue weighted by atomic mass is 35.5. The molecule has 4 heteroatoms. The van der Waals surface area contributed by atoms with E-state index in [0.717, 1.165) is 23.1 Å². The minimum atomic E-state index is 0.277. The maximum atomic E-state index is 6.03. The molecule has 1 atom stereocenters. The van der Waals surface area contributed by atoms with E-state index in [9.17, 15) is 0 Å². The average molecular weight is 296 g/mol. The van der Waals surface area contributed by atoms with Crippen molar-refractivity contribution in [2.75, 3.05) is 13.7 Å². The van der Waals surface area contributed by atoms with Gasteiger partial charge in [-0.3, -0.25) is 0 Å². The molecule has 0 amide bonds. The first-order chi connectivity index (χ1) is 9.24. The van der Waals surface area contributed by atoms with Crippen LogP contribution in [-0.2, 0) is 6.42 Å². The zero-order chi connectivity index (χ0) is 13.7. The van der Waals surface area contributed by atoms with Crippen molar-refractivity contribution in [3.8, 4) is 5.75 Å². The second-order valence-corrected chi connectivity index (χ2v) is 6.01. The number of hydrogen-bond donors (Lipinski definition) is 1. The fraction of sp³-hybridized carbons (Fsp3) is 0.333. The first kappa shape index (κ1) is 14.4. The molecule has 1 unspecified atom stereocenters. The topological polar surface area (TPSA) is 21.3 Å². The van der Waals surface area contributed by atoms with E-state index < -0.39 is 0 Å². The molecule has 1 aromatic carbocycles. The molecule has 1 heterocycles. The third kappa shape index (κ3) is 3.72. The van der Waals surface area contributed by atoms with E-state index >= 15 is 0 Å². The number of thiophene rings is 1. The van der Waals surface area contributed by atoms with Gasteiger partial charge in [-0.15, -0.1) is 11.3 Å². The van der Waals surface area contributed by atoms with Gasteiger partial charge in [0.05, 0.1) is 11.4 Å². The van der Waals surface area contributed by atoms with E-state index in [1.165, 1.54) is 10.4 Å². The van der Waals surface area contributed by atoms with Gasteiger partial charge in [-0.05, 0) is 36.7 Å². The minimum Gasteiger partial charge on any atom is -0.496 e. The Hall–Kier alpha value is -1.03. The Morgan fingerprint density at radius 1 is 1.26 bits per heavy atom. The fourth-order valence-corrected chi connectivity index (χ4v) is 3.26. The second kappa shape index (κ2) is 6.94. The molecule has 0 saturated carbocycles. The molecule has 0 spiro atoms. The third-order valence-electron chi connectivity index (χ3n) is 3.00. The number of hydrogen-bond acceptors (Lipinski definition) is 3. The van der Waals surface area contributed by atoms with E-state index in [1.807, 2.05) is 24.3 Å². The summed E-state index contributed by atoms with van der Waals surface area (Å²) in [5.74, 6) is 0.938. The van der Waals surface area contributed by atoms with Crippen molar-refractivity contribution in [3.05, 3.63) is 51.2 Å². The van der Waals surface area contributed by atoms with Crippen molar-refractivity contribution in [2.24, 2.45) is 0 Å². The van der Waals surface area contributed by atoms with Crippen molar-refractivity contribution >= 4 is 22.9 Å². The van der Waals surface area contributed by atoms with Crippen LogP contribution in [0.4, 0.5) is 0 Å². The maximum Gasteiger partial charge on any atom is 0.122 e. The Bertz CT molecular complexity index is 526. The zero-order valence-electron chi connectivity index (χ0n) is 11.2. The highest BCUT2D eigenvalue weighted by Gasteiger charge is 2.15. The number of ether oxygens (including phenoxy) is 1. The minimum absolute atomic E-state index is 0.277. The van der Waals surface area contributed by atoms with Crippen LogP contribution in [0.3, 0.4) is 0 Å². The van der Waals surface area contributed by atoms with Gasteiger partial charge in [0.25, 0.3) is 0 Å². The highest BCUT2D eigenvalue weighted by molar-refractivity contribution is 7.16. The summed E-state index contributed by atoms with van der Waals surface area (Å²) in [4.78, 5) is 1.26. The smallest absolute Gasteiger partial charge is 0.122 e. The predicted molar refractivity (Wildman–Crippen MR) is 82.4 cm³/mol. The van der Waals surface area contributed by atoms with Crippen molar-refractivity contribution in [3.63, 3.8) is 0 Å². The Kier molecular flexibility index (Phi) is 5.25. The van der Waals surface area contributed by atoms with Gasteiger partial charge in [-0.25, -0.2) is 0 Å². The summed E-state index contributed by atoms with van der Waals surface area (Å²) in [6.07, 6.45) is 0.898. The lowest BCUT2D eigenvalue weighted by atomic mass is 10.0. The number of para-hydroxylation sites is 1. The van der Waals surface area contributed by atoms with Crippen molar-refractivity contribution in [1.82, 2.24) is 5.32 Å². The lowest BCUT2D eigenvalue weighted by Crippen LogP contribution is -2.22. The van der Waals surface area contributed by atoms with Gasteiger partial charge in [0.2, 0.25) is 0 Å². The van der Waals surface area contributed by atoms with Crippen molar-refractivity contribution in [1.29, 1.82) is 0 Å². The summed E-state index contributed by atoms with van der Waals surface area (Å²) in [5.41, 5.74) is 1.21. The monoisotopic (exact) mass is 295 g/mol. The van der Waals surface area contributed by atoms with Gasteiger partial charge in [0, 0.05) is 10.9 Å². The molecule has 0 aliphatic carbocycles. The molecular weight excluding hydrogens is 278 g/mol. The number of methoxy groups -OCH3 is 1. The predicted octanol–water partition coefficient (Wildman–Crippen LogP) is 4.30. The van der Waals surface area contributed by atoms with Crippen molar-refractivity contribution < 1.29 is 4.74 Å². The van der Waals surface area contributed by atoms with E-state index in [4.69, 9.17) is 16.3 Å². The molecule has 19 heavy (non-hydrogen) atoms. The Balaban J connectivity index is 2.21. The summed E-state index contributed by atoms with van der Waals surface area (Å²) < 4.78 is 6.25. The standard InChI is InChI=1S/C15H18ClNOS/c1-3-17-12(14-8-9-15(16)19-14)10-11-6-4-5-7-13(11)18-2/h4-9,12,17H,3,10H2,1-2H3. The van der Waals surface area contributed by atoms with Crippen LogP contribution in [0.15, 0.2) is 36.4 Å². The Labute approximate surface area is 123 Å². The van der Waals surface area contributed by atoms with Crippen molar-refractivity contribution in [2.45, 2.75) is 19.4 Å². The Morgan fingerprint density at radius 3 is 2.68 bits per heavy atom. The largest absolute Gasteiger partial charge is 0.496 e. The second-order valence-electron chi connectivity index (χ2n) is 4.27. The van der Waals surface area contributed by atoms with Gasteiger partial charge >= 0.3 is 0 Å². The van der Waals surface area contributed by atoms with Crippen LogP contribution in [0.5, 0.6) is 5.75 Å². The molecule has 2 aromatic rings. The lowest BCUT2D eigenvalue weighted by Gasteiger charge is -2.18. The molecule has 0 aliphatic rings. The van der Waals surface area contributed by atoms with Gasteiger partial charge in [0.15, 0.2) is 0 Å². The fourth-order valence-electron chi connectivity index (χ4n) is 2.13. The number of rotatable bonds is 6. The molecule has 2 rings (SSSR count). The van der Waals surface area contributed by atoms with Crippen LogP contribution in [0, 0.1) is 0 Å². The number of nitrogens with one attached hydrogen (secondary N) is 1. The number of benzene rings is 1. The third-order valence-corrected chi connectivity index (χ3v) is 4.35. The van der Waals surface area contributed by atoms with Gasteiger partial charge in [-0.2, -0.15) is 0 Å². The SMILES string of the molecule is CCNC(Cc1ccccc1OC)c1ccc(Cl)s1. The number of likely N-dealkylation sites (N-methyl/N-ethyl adjacent to an activating group) is 1. The summed E-state index contributed by atoms with van der Waals surface area (Å²) >= 11 is 7.66. The molecule has 0 radical (unpaired) electrons. The van der Waals surface area contributed by atoms with Crippen LogP contribution < -0.4 is 10.1 Å². The zero-order valence-corrected chi connectivity index (χ0v) is 12.7. The quantitative estimate of drug-likeness (QED) is 0.858. The molecule has 0 saturated heterocycles. The number of halogens is 1. The average Bonchev–Trinajstić information content (AvgIpc) is 2.85. The van der Waals surface area contributed by atoms with Gasteiger partial charge in [-0.1, -0.05) is 36.7 Å². The van der Waals surface area contributed by atoms with E-state index in [1.54, 1.807) is 18.4 Å². The molecule has 1 N–H and O–H groups in total. The van der Waals surface area contributed by atoms with Crippen LogP contribution in [0.25, 0.3) is 0 Å². The molecule has 0 aliphatic heterocycles. The van der Waals surface area contributed by atoms with Crippen LogP contribution in [-0.4, -0.2) is 13.7 Å². The summed E-state index contributed by atoms with van der Waals surface area (Å²) in [6, 6.07) is 12.5.